The normalized spacial score (nSPS) is 12.2. The highest BCUT2D eigenvalue weighted by Crippen LogP contribution is 2.20. The molecule has 0 unspecified atom stereocenters. The van der Waals surface area contributed by atoms with Gasteiger partial charge < -0.3 is 10.1 Å². The first kappa shape index (κ1) is 16.6. The van der Waals surface area contributed by atoms with Gasteiger partial charge in [-0.25, -0.2) is 13.6 Å². The average Bonchev–Trinajstić information content (AvgIpc) is 2.29. The zero-order chi connectivity index (χ0) is 15.6. The number of ether oxygens (including phenoxy) is 1. The Kier molecular flexibility index (Phi) is 4.90. The molecule has 0 heterocycles. The molecule has 3 N–H and O–H groups in total. The molecule has 0 aliphatic carbocycles. The number of carbonyl (C=O) groups excluding carboxylic acids is 1. The second-order valence-electron chi connectivity index (χ2n) is 5.21. The van der Waals surface area contributed by atoms with E-state index in [4.69, 9.17) is 9.88 Å². The molecule has 0 spiro atoms. The van der Waals surface area contributed by atoms with Crippen LogP contribution in [0.4, 0.5) is 5.69 Å². The molecule has 6 nitrogen and oxygen atoms in total. The van der Waals surface area contributed by atoms with Gasteiger partial charge in [0.1, 0.15) is 0 Å². The van der Waals surface area contributed by atoms with E-state index in [1.807, 2.05) is 0 Å². The summed E-state index contributed by atoms with van der Waals surface area (Å²) in [6.07, 6.45) is 0.155. The van der Waals surface area contributed by atoms with E-state index in [0.29, 0.717) is 11.3 Å². The predicted molar refractivity (Wildman–Crippen MR) is 76.9 cm³/mol. The maximum atomic E-state index is 11.9. The number of methoxy groups -OCH3 is 1. The van der Waals surface area contributed by atoms with Gasteiger partial charge in [0.05, 0.1) is 16.9 Å². The van der Waals surface area contributed by atoms with Gasteiger partial charge in [-0.1, -0.05) is 6.07 Å². The number of primary sulfonamides is 1. The van der Waals surface area contributed by atoms with Gasteiger partial charge in [0.15, 0.2) is 0 Å². The fraction of sp³-hybridized carbons (Fsp3) is 0.462. The van der Waals surface area contributed by atoms with Gasteiger partial charge in [0.25, 0.3) is 0 Å². The van der Waals surface area contributed by atoms with Crippen molar-refractivity contribution in [3.63, 3.8) is 0 Å². The number of benzene rings is 1. The van der Waals surface area contributed by atoms with Crippen LogP contribution in [0, 0.1) is 6.92 Å². The highest BCUT2D eigenvalue weighted by Gasteiger charge is 2.21. The average molecular weight is 300 g/mol. The van der Waals surface area contributed by atoms with E-state index >= 15 is 0 Å². The second-order valence-corrected chi connectivity index (χ2v) is 6.74. The Morgan fingerprint density at radius 2 is 2.00 bits per heavy atom. The number of anilines is 1. The lowest BCUT2D eigenvalue weighted by Gasteiger charge is -2.22. The largest absolute Gasteiger partial charge is 0.378 e. The van der Waals surface area contributed by atoms with Crippen molar-refractivity contribution < 1.29 is 17.9 Å². The number of aryl methyl sites for hydroxylation is 1. The van der Waals surface area contributed by atoms with E-state index in [-0.39, 0.29) is 17.2 Å². The quantitative estimate of drug-likeness (QED) is 0.858. The molecule has 0 fully saturated rings. The Balaban J connectivity index is 2.93. The molecule has 0 saturated carbocycles. The van der Waals surface area contributed by atoms with Crippen LogP contribution in [0.2, 0.25) is 0 Å². The number of amides is 1. The van der Waals surface area contributed by atoms with Gasteiger partial charge in [-0.05, 0) is 38.5 Å². The molecule has 0 aliphatic heterocycles. The summed E-state index contributed by atoms with van der Waals surface area (Å²) in [5.41, 5.74) is 0.330. The standard InChI is InChI=1S/C13H20N2O4S/c1-9-5-6-10(7-11(9)20(14,17)18)15-12(16)8-13(2,3)19-4/h5-7H,8H2,1-4H3,(H,15,16)(H2,14,17,18). The summed E-state index contributed by atoms with van der Waals surface area (Å²) in [4.78, 5) is 11.9. The third-order valence-electron chi connectivity index (χ3n) is 2.92. The zero-order valence-electron chi connectivity index (χ0n) is 12.1. The molecule has 0 atom stereocenters. The molecular weight excluding hydrogens is 280 g/mol. The van der Waals surface area contributed by atoms with Crippen LogP contribution in [0.3, 0.4) is 0 Å². The fourth-order valence-electron chi connectivity index (χ4n) is 1.65. The Hall–Kier alpha value is -1.44. The molecule has 0 saturated heterocycles. The van der Waals surface area contributed by atoms with E-state index in [2.05, 4.69) is 5.32 Å². The Labute approximate surface area is 119 Å². The van der Waals surface area contributed by atoms with Crippen molar-refractivity contribution in [2.45, 2.75) is 37.7 Å². The third-order valence-corrected chi connectivity index (χ3v) is 3.97. The van der Waals surface area contributed by atoms with Crippen molar-refractivity contribution in [2.75, 3.05) is 12.4 Å². The summed E-state index contributed by atoms with van der Waals surface area (Å²) in [5, 5.41) is 7.75. The zero-order valence-corrected chi connectivity index (χ0v) is 12.9. The van der Waals surface area contributed by atoms with Crippen LogP contribution in [0.15, 0.2) is 23.1 Å². The number of nitrogens with one attached hydrogen (secondary N) is 1. The first-order valence-corrected chi connectivity index (χ1v) is 7.58. The Morgan fingerprint density at radius 3 is 2.50 bits per heavy atom. The van der Waals surface area contributed by atoms with Crippen molar-refractivity contribution in [1.29, 1.82) is 0 Å². The van der Waals surface area contributed by atoms with E-state index in [1.165, 1.54) is 13.2 Å². The van der Waals surface area contributed by atoms with E-state index in [9.17, 15) is 13.2 Å². The molecule has 20 heavy (non-hydrogen) atoms. The lowest BCUT2D eigenvalue weighted by molar-refractivity contribution is -0.121. The van der Waals surface area contributed by atoms with Gasteiger partial charge in [-0.3, -0.25) is 4.79 Å². The summed E-state index contributed by atoms with van der Waals surface area (Å²) < 4.78 is 28.0. The molecule has 0 aromatic heterocycles. The fourth-order valence-corrected chi connectivity index (χ4v) is 2.46. The van der Waals surface area contributed by atoms with Crippen LogP contribution in [0.25, 0.3) is 0 Å². The molecule has 1 rings (SSSR count). The van der Waals surface area contributed by atoms with Crippen molar-refractivity contribution >= 4 is 21.6 Å². The molecule has 1 aromatic rings. The summed E-state index contributed by atoms with van der Waals surface area (Å²) in [5.74, 6) is -0.263. The van der Waals surface area contributed by atoms with E-state index in [0.717, 1.165) is 0 Å². The molecule has 1 amide bonds. The molecule has 7 heteroatoms. The predicted octanol–water partition coefficient (Wildman–Crippen LogP) is 1.40. The van der Waals surface area contributed by atoms with Crippen LogP contribution in [-0.2, 0) is 19.6 Å². The van der Waals surface area contributed by atoms with Gasteiger partial charge in [-0.2, -0.15) is 0 Å². The lowest BCUT2D eigenvalue weighted by Crippen LogP contribution is -2.29. The molecule has 112 valence electrons. The number of hydrogen-bond acceptors (Lipinski definition) is 4. The van der Waals surface area contributed by atoms with E-state index in [1.54, 1.807) is 32.9 Å². The van der Waals surface area contributed by atoms with Crippen LogP contribution in [0.5, 0.6) is 0 Å². The lowest BCUT2D eigenvalue weighted by atomic mass is 10.0. The number of hydrogen-bond donors (Lipinski definition) is 2. The first-order chi connectivity index (χ1) is 9.05. The number of rotatable bonds is 5. The van der Waals surface area contributed by atoms with Crippen LogP contribution in [0.1, 0.15) is 25.8 Å². The smallest absolute Gasteiger partial charge is 0.238 e. The van der Waals surface area contributed by atoms with Crippen molar-refractivity contribution in [3.8, 4) is 0 Å². The van der Waals surface area contributed by atoms with Crippen molar-refractivity contribution in [1.82, 2.24) is 0 Å². The van der Waals surface area contributed by atoms with Gasteiger partial charge in [0, 0.05) is 12.8 Å². The monoisotopic (exact) mass is 300 g/mol. The van der Waals surface area contributed by atoms with Gasteiger partial charge in [0.2, 0.25) is 15.9 Å². The SMILES string of the molecule is COC(C)(C)CC(=O)Nc1ccc(C)c(S(N)(=O)=O)c1. The highest BCUT2D eigenvalue weighted by atomic mass is 32.2. The minimum atomic E-state index is -3.81. The number of carbonyl (C=O) groups is 1. The van der Waals surface area contributed by atoms with Gasteiger partial charge in [-0.15, -0.1) is 0 Å². The van der Waals surface area contributed by atoms with Crippen LogP contribution in [-0.4, -0.2) is 27.0 Å². The minimum absolute atomic E-state index is 0.00121. The van der Waals surface area contributed by atoms with E-state index < -0.39 is 15.6 Å². The minimum Gasteiger partial charge on any atom is -0.378 e. The number of nitrogens with two attached hydrogens (primary N) is 1. The summed E-state index contributed by atoms with van der Waals surface area (Å²) >= 11 is 0. The van der Waals surface area contributed by atoms with Crippen LogP contribution >= 0.6 is 0 Å². The van der Waals surface area contributed by atoms with Crippen molar-refractivity contribution in [3.05, 3.63) is 23.8 Å². The Bertz CT molecular complexity index is 609. The third kappa shape index (κ3) is 4.59. The molecular formula is C13H20N2O4S. The topological polar surface area (TPSA) is 98.5 Å². The van der Waals surface area contributed by atoms with Gasteiger partial charge >= 0.3 is 0 Å². The summed E-state index contributed by atoms with van der Waals surface area (Å²) in [7, 11) is -2.28. The second kappa shape index (κ2) is 5.90. The Morgan fingerprint density at radius 1 is 1.40 bits per heavy atom. The maximum Gasteiger partial charge on any atom is 0.238 e. The first-order valence-electron chi connectivity index (χ1n) is 6.03. The number of sulfonamides is 1. The molecule has 1 aromatic carbocycles. The summed E-state index contributed by atoms with van der Waals surface area (Å²) in [6, 6.07) is 4.57. The molecule has 0 bridgehead atoms. The highest BCUT2D eigenvalue weighted by molar-refractivity contribution is 7.89. The summed E-state index contributed by atoms with van der Waals surface area (Å²) in [6.45, 7) is 5.22. The molecule has 0 aliphatic rings. The maximum absolute atomic E-state index is 11.9. The van der Waals surface area contributed by atoms with Crippen LogP contribution < -0.4 is 10.5 Å². The molecule has 0 radical (unpaired) electrons. The van der Waals surface area contributed by atoms with Crippen molar-refractivity contribution in [2.24, 2.45) is 5.14 Å².